The van der Waals surface area contributed by atoms with Gasteiger partial charge in [-0.05, 0) is 13.3 Å². The van der Waals surface area contributed by atoms with Crippen LogP contribution in [-0.4, -0.2) is 35.9 Å². The number of carbonyl (C=O) groups excluding carboxylic acids is 2. The van der Waals surface area contributed by atoms with E-state index in [0.717, 1.165) is 5.57 Å². The lowest BCUT2D eigenvalue weighted by atomic mass is 9.76. The molecule has 0 amide bonds. The zero-order chi connectivity index (χ0) is 13.8. The molecular weight excluding hydrogens is 260 g/mol. The topological polar surface area (TPSA) is 65.1 Å². The van der Waals surface area contributed by atoms with Crippen LogP contribution >= 0.6 is 0 Å². The van der Waals surface area contributed by atoms with Gasteiger partial charge in [0.15, 0.2) is 0 Å². The minimum Gasteiger partial charge on any atom is -0.461 e. The van der Waals surface area contributed by atoms with Crippen LogP contribution in [0.3, 0.4) is 0 Å². The average molecular weight is 276 g/mol. The van der Waals surface area contributed by atoms with Gasteiger partial charge in [-0.15, -0.1) is 0 Å². The summed E-state index contributed by atoms with van der Waals surface area (Å²) in [6.45, 7) is 3.98. The number of carbonyl (C=O) groups is 2. The predicted octanol–water partition coefficient (Wildman–Crippen LogP) is 0.823. The number of epoxide rings is 1. The Morgan fingerprint density at radius 3 is 2.85 bits per heavy atom. The number of fused-ring (bicyclic) bond motifs is 5. The summed E-state index contributed by atoms with van der Waals surface area (Å²) in [5.74, 6) is -0.186. The van der Waals surface area contributed by atoms with E-state index in [1.165, 1.54) is 0 Å². The fourth-order valence-corrected chi connectivity index (χ4v) is 4.96. The highest BCUT2D eigenvalue weighted by Crippen LogP contribution is 2.65. The first-order chi connectivity index (χ1) is 9.52. The van der Waals surface area contributed by atoms with E-state index in [1.54, 1.807) is 0 Å². The molecule has 0 N–H and O–H groups in total. The van der Waals surface area contributed by atoms with Crippen LogP contribution in [0.2, 0.25) is 0 Å². The second-order valence-corrected chi connectivity index (χ2v) is 6.89. The zero-order valence-electron chi connectivity index (χ0n) is 11.4. The summed E-state index contributed by atoms with van der Waals surface area (Å²) in [7, 11) is 0. The molecule has 0 spiro atoms. The van der Waals surface area contributed by atoms with Crippen molar-refractivity contribution in [2.24, 2.45) is 23.7 Å². The number of hydrogen-bond acceptors (Lipinski definition) is 5. The first kappa shape index (κ1) is 11.3. The summed E-state index contributed by atoms with van der Waals surface area (Å²) >= 11 is 0. The van der Waals surface area contributed by atoms with Crippen molar-refractivity contribution in [3.05, 3.63) is 11.6 Å². The number of rotatable bonds is 0. The number of allylic oxidation sites excluding steroid dienone is 1. The monoisotopic (exact) mass is 276 g/mol. The van der Waals surface area contributed by atoms with Crippen LogP contribution in [0.4, 0.5) is 0 Å². The van der Waals surface area contributed by atoms with Crippen molar-refractivity contribution in [2.75, 3.05) is 0 Å². The molecule has 5 heteroatoms. The van der Waals surface area contributed by atoms with E-state index < -0.39 is 0 Å². The largest absolute Gasteiger partial charge is 0.461 e. The van der Waals surface area contributed by atoms with E-state index in [2.05, 4.69) is 6.92 Å². The molecule has 3 heterocycles. The molecule has 8 atom stereocenters. The molecule has 0 bridgehead atoms. The van der Waals surface area contributed by atoms with Crippen molar-refractivity contribution in [1.82, 2.24) is 0 Å². The van der Waals surface area contributed by atoms with E-state index in [4.69, 9.17) is 14.2 Å². The molecule has 0 aromatic carbocycles. The second-order valence-electron chi connectivity index (χ2n) is 6.89. The van der Waals surface area contributed by atoms with Gasteiger partial charge in [0, 0.05) is 23.3 Å². The van der Waals surface area contributed by atoms with Gasteiger partial charge < -0.3 is 14.2 Å². The Morgan fingerprint density at radius 1 is 1.25 bits per heavy atom. The maximum absolute atomic E-state index is 12.0. The Bertz CT molecular complexity index is 581. The van der Waals surface area contributed by atoms with Gasteiger partial charge >= 0.3 is 11.9 Å². The summed E-state index contributed by atoms with van der Waals surface area (Å²) in [5, 5.41) is 0. The minimum atomic E-state index is -0.299. The minimum absolute atomic E-state index is 0.0271. The van der Waals surface area contributed by atoms with E-state index in [0.29, 0.717) is 6.42 Å². The van der Waals surface area contributed by atoms with Crippen molar-refractivity contribution < 1.29 is 23.8 Å². The smallest absolute Gasteiger partial charge is 0.334 e. The highest BCUT2D eigenvalue weighted by Gasteiger charge is 2.78. The summed E-state index contributed by atoms with van der Waals surface area (Å²) < 4.78 is 17.0. The molecule has 0 aromatic heterocycles. The fraction of sp³-hybridized carbons (Fsp3) is 0.733. The molecule has 3 saturated heterocycles. The third-order valence-corrected chi connectivity index (χ3v) is 6.08. The lowest BCUT2D eigenvalue weighted by Crippen LogP contribution is -2.39. The Morgan fingerprint density at radius 2 is 2.05 bits per heavy atom. The summed E-state index contributed by atoms with van der Waals surface area (Å²) in [5.41, 5.74) is 0.488. The Labute approximate surface area is 116 Å². The van der Waals surface area contributed by atoms with Crippen LogP contribution in [0.25, 0.3) is 0 Å². The first-order valence-electron chi connectivity index (χ1n) is 7.31. The normalized spacial score (nSPS) is 58.1. The van der Waals surface area contributed by atoms with Crippen LogP contribution in [-0.2, 0) is 23.8 Å². The molecule has 0 radical (unpaired) electrons. The van der Waals surface area contributed by atoms with Crippen LogP contribution in [0.5, 0.6) is 0 Å². The maximum Gasteiger partial charge on any atom is 0.334 e. The molecular formula is C15H16O5. The van der Waals surface area contributed by atoms with Crippen molar-refractivity contribution in [3.63, 3.8) is 0 Å². The van der Waals surface area contributed by atoms with Gasteiger partial charge in [-0.25, -0.2) is 4.79 Å². The molecule has 5 aliphatic rings. The molecule has 4 fully saturated rings. The van der Waals surface area contributed by atoms with Gasteiger partial charge in [-0.1, -0.05) is 13.0 Å². The lowest BCUT2D eigenvalue weighted by Gasteiger charge is -2.30. The van der Waals surface area contributed by atoms with Crippen molar-refractivity contribution >= 4 is 11.9 Å². The van der Waals surface area contributed by atoms with Crippen LogP contribution in [0.1, 0.15) is 20.3 Å². The third-order valence-electron chi connectivity index (χ3n) is 6.08. The number of ether oxygens (including phenoxy) is 3. The summed E-state index contributed by atoms with van der Waals surface area (Å²) in [4.78, 5) is 24.0. The van der Waals surface area contributed by atoms with Crippen LogP contribution < -0.4 is 0 Å². The average Bonchev–Trinajstić information content (AvgIpc) is 2.84. The van der Waals surface area contributed by atoms with Crippen LogP contribution in [0.15, 0.2) is 11.6 Å². The van der Waals surface area contributed by atoms with Gasteiger partial charge in [0.2, 0.25) is 0 Å². The van der Waals surface area contributed by atoms with Gasteiger partial charge in [0.1, 0.15) is 23.9 Å². The van der Waals surface area contributed by atoms with Crippen LogP contribution in [0, 0.1) is 23.7 Å². The van der Waals surface area contributed by atoms with E-state index in [1.807, 2.05) is 13.0 Å². The van der Waals surface area contributed by atoms with Gasteiger partial charge in [0.05, 0.1) is 5.92 Å². The SMILES string of the molecule is CC1C(=O)OC2C1CC=C1C(=O)OC3C1C2C1(C)OC31. The quantitative estimate of drug-likeness (QED) is 0.484. The third kappa shape index (κ3) is 1.04. The molecule has 5 nitrogen and oxygen atoms in total. The molecule has 0 aromatic rings. The van der Waals surface area contributed by atoms with Crippen molar-refractivity contribution in [1.29, 1.82) is 0 Å². The second kappa shape index (κ2) is 3.11. The summed E-state index contributed by atoms with van der Waals surface area (Å²) in [6, 6.07) is 0. The molecule has 3 aliphatic heterocycles. The predicted molar refractivity (Wildman–Crippen MR) is 65.4 cm³/mol. The highest BCUT2D eigenvalue weighted by molar-refractivity contribution is 5.92. The summed E-state index contributed by atoms with van der Waals surface area (Å²) in [6.07, 6.45) is 2.34. The molecule has 8 unspecified atom stereocenters. The Balaban J connectivity index is 1.66. The molecule has 5 rings (SSSR count). The Kier molecular flexibility index (Phi) is 1.76. The molecule has 1 saturated carbocycles. The number of hydrogen-bond donors (Lipinski definition) is 0. The van der Waals surface area contributed by atoms with Crippen molar-refractivity contribution in [3.8, 4) is 0 Å². The maximum atomic E-state index is 12.0. The molecule has 2 aliphatic carbocycles. The Hall–Kier alpha value is -1.36. The standard InChI is InChI=1S/C15H16O5/c1-5-6-3-4-7-8-9(10(6)18-13(5)16)15(2)12(20-15)11(8)19-14(7)17/h4-6,8-12H,3H2,1-2H3. The van der Waals surface area contributed by atoms with E-state index in [-0.39, 0.29) is 59.5 Å². The highest BCUT2D eigenvalue weighted by atomic mass is 16.7. The molecule has 20 heavy (non-hydrogen) atoms. The lowest BCUT2D eigenvalue weighted by molar-refractivity contribution is -0.148. The van der Waals surface area contributed by atoms with E-state index in [9.17, 15) is 9.59 Å². The molecule has 106 valence electrons. The van der Waals surface area contributed by atoms with E-state index >= 15 is 0 Å². The zero-order valence-corrected chi connectivity index (χ0v) is 11.4. The van der Waals surface area contributed by atoms with Gasteiger partial charge in [-0.3, -0.25) is 4.79 Å². The fourth-order valence-electron chi connectivity index (χ4n) is 4.96. The van der Waals surface area contributed by atoms with Gasteiger partial charge in [0.25, 0.3) is 0 Å². The first-order valence-corrected chi connectivity index (χ1v) is 7.31. The van der Waals surface area contributed by atoms with Crippen molar-refractivity contribution in [2.45, 2.75) is 44.2 Å². The van der Waals surface area contributed by atoms with Gasteiger partial charge in [-0.2, -0.15) is 0 Å². The number of esters is 2.